The van der Waals surface area contributed by atoms with Crippen LogP contribution in [0.15, 0.2) is 48.5 Å². The number of para-hydroxylation sites is 2. The van der Waals surface area contributed by atoms with Crippen LogP contribution in [0.1, 0.15) is 63.8 Å². The zero-order valence-electron chi connectivity index (χ0n) is 18.4. The molecule has 0 aliphatic carbocycles. The van der Waals surface area contributed by atoms with E-state index in [1.54, 1.807) is 0 Å². The summed E-state index contributed by atoms with van der Waals surface area (Å²) in [6.45, 7) is 8.32. The molecule has 3 aromatic rings. The van der Waals surface area contributed by atoms with Gasteiger partial charge in [-0.05, 0) is 55.0 Å². The number of carbonyl (C=O) groups excluding carboxylic acids is 1. The van der Waals surface area contributed by atoms with E-state index in [9.17, 15) is 4.79 Å². The van der Waals surface area contributed by atoms with Crippen molar-refractivity contribution in [2.75, 3.05) is 6.61 Å². The van der Waals surface area contributed by atoms with Crippen LogP contribution in [0.3, 0.4) is 0 Å². The molecule has 0 radical (unpaired) electrons. The smallest absolute Gasteiger partial charge is 0.220 e. The maximum Gasteiger partial charge on any atom is 0.220 e. The van der Waals surface area contributed by atoms with Crippen LogP contribution < -0.4 is 10.1 Å². The fourth-order valence-corrected chi connectivity index (χ4v) is 3.50. The number of nitrogens with zero attached hydrogens (tertiary/aromatic N) is 2. The molecule has 1 heterocycles. The number of rotatable bonds is 11. The fraction of sp³-hybridized carbons (Fsp3) is 0.440. The second-order valence-electron chi connectivity index (χ2n) is 7.73. The van der Waals surface area contributed by atoms with E-state index in [2.05, 4.69) is 54.1 Å². The molecule has 30 heavy (non-hydrogen) atoms. The highest BCUT2D eigenvalue weighted by atomic mass is 16.5. The summed E-state index contributed by atoms with van der Waals surface area (Å²) in [7, 11) is 0. The molecule has 1 aromatic heterocycles. The van der Waals surface area contributed by atoms with Crippen LogP contribution in [-0.4, -0.2) is 22.1 Å². The van der Waals surface area contributed by atoms with E-state index in [0.717, 1.165) is 48.4 Å². The quantitative estimate of drug-likeness (QED) is 0.431. The van der Waals surface area contributed by atoms with E-state index in [1.165, 1.54) is 5.56 Å². The highest BCUT2D eigenvalue weighted by Gasteiger charge is 2.11. The van der Waals surface area contributed by atoms with Crippen LogP contribution in [0.5, 0.6) is 5.75 Å². The number of carbonyl (C=O) groups is 1. The van der Waals surface area contributed by atoms with Crippen molar-refractivity contribution in [1.82, 2.24) is 14.9 Å². The molecule has 0 bridgehead atoms. The minimum Gasteiger partial charge on any atom is -0.494 e. The highest BCUT2D eigenvalue weighted by molar-refractivity contribution is 5.77. The van der Waals surface area contributed by atoms with Gasteiger partial charge in [0.1, 0.15) is 11.6 Å². The predicted molar refractivity (Wildman–Crippen MR) is 122 cm³/mol. The lowest BCUT2D eigenvalue weighted by molar-refractivity contribution is -0.120. The van der Waals surface area contributed by atoms with Crippen molar-refractivity contribution in [3.63, 3.8) is 0 Å². The predicted octanol–water partition coefficient (Wildman–Crippen LogP) is 5.44. The monoisotopic (exact) mass is 407 g/mol. The SMILES string of the molecule is CCC(=O)NCc1nc2ccccc2n1CCCCOc1ccc(C(C)CC)cc1. The van der Waals surface area contributed by atoms with Crippen molar-refractivity contribution in [1.29, 1.82) is 0 Å². The van der Waals surface area contributed by atoms with Crippen molar-refractivity contribution >= 4 is 16.9 Å². The van der Waals surface area contributed by atoms with Crippen LogP contribution in [-0.2, 0) is 17.9 Å². The zero-order valence-corrected chi connectivity index (χ0v) is 18.4. The number of unbranched alkanes of at least 4 members (excludes halogenated alkanes) is 1. The zero-order chi connectivity index (χ0) is 21.3. The van der Waals surface area contributed by atoms with Gasteiger partial charge in [0.15, 0.2) is 0 Å². The Morgan fingerprint density at radius 1 is 1.10 bits per heavy atom. The number of nitrogens with one attached hydrogen (secondary N) is 1. The van der Waals surface area contributed by atoms with Gasteiger partial charge in [-0.2, -0.15) is 0 Å². The number of benzene rings is 2. The van der Waals surface area contributed by atoms with Crippen molar-refractivity contribution in [2.24, 2.45) is 0 Å². The molecule has 0 saturated heterocycles. The van der Waals surface area contributed by atoms with Gasteiger partial charge in [-0.15, -0.1) is 0 Å². The minimum atomic E-state index is 0.0429. The second kappa shape index (κ2) is 10.8. The summed E-state index contributed by atoms with van der Waals surface area (Å²) in [5.74, 6) is 2.46. The van der Waals surface area contributed by atoms with Crippen molar-refractivity contribution < 1.29 is 9.53 Å². The minimum absolute atomic E-state index is 0.0429. The summed E-state index contributed by atoms with van der Waals surface area (Å²) >= 11 is 0. The summed E-state index contributed by atoms with van der Waals surface area (Å²) in [5.41, 5.74) is 3.44. The van der Waals surface area contributed by atoms with Crippen LogP contribution in [0, 0.1) is 0 Å². The standard InChI is InChI=1S/C25H33N3O2/c1-4-19(3)20-12-14-21(15-13-20)30-17-9-8-16-28-23-11-7-6-10-22(23)27-24(28)18-26-25(29)5-2/h6-7,10-15,19H,4-5,8-9,16-18H2,1-3H3,(H,26,29). The molecule has 1 amide bonds. The van der Waals surface area contributed by atoms with Crippen LogP contribution in [0.4, 0.5) is 0 Å². The maximum absolute atomic E-state index is 11.7. The van der Waals surface area contributed by atoms with Gasteiger partial charge in [0.25, 0.3) is 0 Å². The van der Waals surface area contributed by atoms with E-state index < -0.39 is 0 Å². The average molecular weight is 408 g/mol. The first kappa shape index (κ1) is 21.9. The van der Waals surface area contributed by atoms with Gasteiger partial charge in [0, 0.05) is 13.0 Å². The van der Waals surface area contributed by atoms with Crippen LogP contribution >= 0.6 is 0 Å². The van der Waals surface area contributed by atoms with Gasteiger partial charge < -0.3 is 14.6 Å². The molecular formula is C25H33N3O2. The lowest BCUT2D eigenvalue weighted by atomic mass is 9.99. The molecule has 3 rings (SSSR count). The number of aromatic nitrogens is 2. The summed E-state index contributed by atoms with van der Waals surface area (Å²) in [6, 6.07) is 16.6. The number of ether oxygens (including phenoxy) is 1. The molecule has 1 atom stereocenters. The number of hydrogen-bond donors (Lipinski definition) is 1. The number of imidazole rings is 1. The molecule has 5 heteroatoms. The third-order valence-corrected chi connectivity index (χ3v) is 5.60. The Morgan fingerprint density at radius 2 is 1.87 bits per heavy atom. The van der Waals surface area contributed by atoms with Crippen molar-refractivity contribution in [2.45, 2.75) is 65.5 Å². The van der Waals surface area contributed by atoms with E-state index >= 15 is 0 Å². The molecule has 0 aliphatic rings. The Hall–Kier alpha value is -2.82. The summed E-state index contributed by atoms with van der Waals surface area (Å²) in [4.78, 5) is 16.4. The number of fused-ring (bicyclic) bond motifs is 1. The molecule has 0 aliphatic heterocycles. The largest absolute Gasteiger partial charge is 0.494 e. The molecular weight excluding hydrogens is 374 g/mol. The molecule has 160 valence electrons. The third-order valence-electron chi connectivity index (χ3n) is 5.60. The Bertz CT molecular complexity index is 947. The Kier molecular flexibility index (Phi) is 7.89. The van der Waals surface area contributed by atoms with Gasteiger partial charge in [-0.3, -0.25) is 4.79 Å². The molecule has 0 saturated carbocycles. The first-order chi connectivity index (χ1) is 14.6. The van der Waals surface area contributed by atoms with Crippen molar-refractivity contribution in [3.05, 3.63) is 59.9 Å². The van der Waals surface area contributed by atoms with Gasteiger partial charge in [-0.1, -0.05) is 45.0 Å². The Morgan fingerprint density at radius 3 is 2.60 bits per heavy atom. The highest BCUT2D eigenvalue weighted by Crippen LogP contribution is 2.22. The third kappa shape index (κ3) is 5.62. The Labute approximate surface area is 179 Å². The molecule has 2 aromatic carbocycles. The van der Waals surface area contributed by atoms with Gasteiger partial charge in [0.2, 0.25) is 5.91 Å². The van der Waals surface area contributed by atoms with E-state index in [1.807, 2.05) is 25.1 Å². The van der Waals surface area contributed by atoms with Gasteiger partial charge >= 0.3 is 0 Å². The number of aryl methyl sites for hydroxylation is 1. The molecule has 1 unspecified atom stereocenters. The Balaban J connectivity index is 1.53. The summed E-state index contributed by atoms with van der Waals surface area (Å²) < 4.78 is 8.14. The summed E-state index contributed by atoms with van der Waals surface area (Å²) in [6.07, 6.45) is 3.57. The first-order valence-corrected chi connectivity index (χ1v) is 11.1. The first-order valence-electron chi connectivity index (χ1n) is 11.1. The van der Waals surface area contributed by atoms with E-state index in [4.69, 9.17) is 9.72 Å². The number of amides is 1. The maximum atomic E-state index is 11.7. The number of hydrogen-bond acceptors (Lipinski definition) is 3. The van der Waals surface area contributed by atoms with E-state index in [0.29, 0.717) is 25.5 Å². The average Bonchev–Trinajstić information content (AvgIpc) is 3.14. The van der Waals surface area contributed by atoms with Crippen LogP contribution in [0.2, 0.25) is 0 Å². The van der Waals surface area contributed by atoms with Gasteiger partial charge in [-0.25, -0.2) is 4.98 Å². The lowest BCUT2D eigenvalue weighted by Crippen LogP contribution is -2.23. The lowest BCUT2D eigenvalue weighted by Gasteiger charge is -2.12. The molecule has 1 N–H and O–H groups in total. The molecule has 0 spiro atoms. The molecule has 0 fully saturated rings. The topological polar surface area (TPSA) is 56.2 Å². The summed E-state index contributed by atoms with van der Waals surface area (Å²) in [5, 5.41) is 2.94. The normalized spacial score (nSPS) is 12.1. The second-order valence-corrected chi connectivity index (χ2v) is 7.73. The fourth-order valence-electron chi connectivity index (χ4n) is 3.50. The molecule has 5 nitrogen and oxygen atoms in total. The van der Waals surface area contributed by atoms with Crippen molar-refractivity contribution in [3.8, 4) is 5.75 Å². The van der Waals surface area contributed by atoms with Crippen LogP contribution in [0.25, 0.3) is 11.0 Å². The van der Waals surface area contributed by atoms with E-state index in [-0.39, 0.29) is 5.91 Å². The van der Waals surface area contributed by atoms with Gasteiger partial charge in [0.05, 0.1) is 24.2 Å².